The highest BCUT2D eigenvalue weighted by Crippen LogP contribution is 2.34. The van der Waals surface area contributed by atoms with Crippen LogP contribution in [0.4, 0.5) is 0 Å². The van der Waals surface area contributed by atoms with Crippen molar-refractivity contribution in [2.45, 2.75) is 51.0 Å². The Morgan fingerprint density at radius 1 is 1.30 bits per heavy atom. The Balaban J connectivity index is 1.78. The first kappa shape index (κ1) is 13.6. The first-order valence-corrected chi connectivity index (χ1v) is 8.17. The van der Waals surface area contributed by atoms with E-state index in [0.717, 1.165) is 37.7 Å². The van der Waals surface area contributed by atoms with E-state index < -0.39 is 5.97 Å². The van der Waals surface area contributed by atoms with Gasteiger partial charge in [0.15, 0.2) is 0 Å². The molecule has 0 aliphatic heterocycles. The van der Waals surface area contributed by atoms with Gasteiger partial charge in [0.1, 0.15) is 0 Å². The maximum absolute atomic E-state index is 12.7. The van der Waals surface area contributed by atoms with Gasteiger partial charge in [-0.05, 0) is 44.1 Å². The fourth-order valence-electron chi connectivity index (χ4n) is 2.88. The highest BCUT2D eigenvalue weighted by Gasteiger charge is 2.34. The molecular weight excluding hydrogens is 274 g/mol. The van der Waals surface area contributed by atoms with Gasteiger partial charge in [0.2, 0.25) is 0 Å². The third-order valence-corrected chi connectivity index (χ3v) is 5.20. The standard InChI is InChI=1S/C15H19NO3S/c17-14(18)7-8-16(10-5-6-10)15(19)12-9-20-13-4-2-1-3-11(12)13/h9-10H,1-8H2,(H,17,18). The van der Waals surface area contributed by atoms with E-state index in [-0.39, 0.29) is 18.4 Å². The second kappa shape index (κ2) is 5.56. The van der Waals surface area contributed by atoms with Crippen LogP contribution in [0.1, 0.15) is 52.9 Å². The molecule has 0 bridgehead atoms. The van der Waals surface area contributed by atoms with Crippen LogP contribution in [0.15, 0.2) is 5.38 Å². The summed E-state index contributed by atoms with van der Waals surface area (Å²) in [4.78, 5) is 26.6. The maximum atomic E-state index is 12.7. The van der Waals surface area contributed by atoms with Gasteiger partial charge >= 0.3 is 5.97 Å². The van der Waals surface area contributed by atoms with Crippen LogP contribution in [0, 0.1) is 0 Å². The minimum atomic E-state index is -0.837. The predicted molar refractivity (Wildman–Crippen MR) is 77.3 cm³/mol. The Labute approximate surface area is 122 Å². The van der Waals surface area contributed by atoms with Crippen molar-refractivity contribution in [2.75, 3.05) is 6.54 Å². The van der Waals surface area contributed by atoms with Gasteiger partial charge in [0.05, 0.1) is 12.0 Å². The quantitative estimate of drug-likeness (QED) is 0.908. The summed E-state index contributed by atoms with van der Waals surface area (Å²) in [6, 6.07) is 0.265. The van der Waals surface area contributed by atoms with Crippen LogP contribution in [0.5, 0.6) is 0 Å². The van der Waals surface area contributed by atoms with Gasteiger partial charge in [-0.1, -0.05) is 0 Å². The Hall–Kier alpha value is -1.36. The molecule has 1 fully saturated rings. The summed E-state index contributed by atoms with van der Waals surface area (Å²) in [6.45, 7) is 0.337. The molecule has 0 radical (unpaired) electrons. The number of carbonyl (C=O) groups excluding carboxylic acids is 1. The highest BCUT2D eigenvalue weighted by atomic mass is 32.1. The molecule has 1 aromatic heterocycles. The van der Waals surface area contributed by atoms with E-state index in [4.69, 9.17) is 5.11 Å². The van der Waals surface area contributed by atoms with Crippen LogP contribution in [0.2, 0.25) is 0 Å². The Morgan fingerprint density at radius 2 is 2.05 bits per heavy atom. The van der Waals surface area contributed by atoms with Crippen LogP contribution < -0.4 is 0 Å². The third kappa shape index (κ3) is 2.73. The van der Waals surface area contributed by atoms with Gasteiger partial charge < -0.3 is 10.0 Å². The number of carbonyl (C=O) groups is 2. The van der Waals surface area contributed by atoms with E-state index in [1.165, 1.54) is 16.9 Å². The number of aliphatic carboxylic acids is 1. The monoisotopic (exact) mass is 293 g/mol. The molecule has 2 aliphatic carbocycles. The zero-order valence-electron chi connectivity index (χ0n) is 11.4. The molecule has 0 saturated heterocycles. The molecule has 108 valence electrons. The van der Waals surface area contributed by atoms with Crippen molar-refractivity contribution < 1.29 is 14.7 Å². The molecule has 1 aromatic rings. The largest absolute Gasteiger partial charge is 0.481 e. The lowest BCUT2D eigenvalue weighted by Crippen LogP contribution is -2.35. The minimum Gasteiger partial charge on any atom is -0.481 e. The summed E-state index contributed by atoms with van der Waals surface area (Å²) in [5, 5.41) is 10.8. The molecule has 0 atom stereocenters. The molecule has 0 spiro atoms. The molecule has 3 rings (SSSR count). The molecule has 2 aliphatic rings. The molecule has 20 heavy (non-hydrogen) atoms. The van der Waals surface area contributed by atoms with Gasteiger partial charge in [0, 0.05) is 22.8 Å². The van der Waals surface area contributed by atoms with E-state index >= 15 is 0 Å². The smallest absolute Gasteiger partial charge is 0.305 e. The van der Waals surface area contributed by atoms with Crippen molar-refractivity contribution in [1.29, 1.82) is 0 Å². The Morgan fingerprint density at radius 3 is 2.75 bits per heavy atom. The number of thiophene rings is 1. The van der Waals surface area contributed by atoms with Crippen molar-refractivity contribution >= 4 is 23.2 Å². The second-order valence-electron chi connectivity index (χ2n) is 5.63. The van der Waals surface area contributed by atoms with Crippen LogP contribution in [0.25, 0.3) is 0 Å². The summed E-state index contributed by atoms with van der Waals surface area (Å²) in [5.41, 5.74) is 2.06. The summed E-state index contributed by atoms with van der Waals surface area (Å²) >= 11 is 1.69. The van der Waals surface area contributed by atoms with Crippen molar-refractivity contribution in [3.05, 3.63) is 21.4 Å². The van der Waals surface area contributed by atoms with E-state index in [2.05, 4.69) is 0 Å². The number of aryl methyl sites for hydroxylation is 1. The number of hydrogen-bond acceptors (Lipinski definition) is 3. The third-order valence-electron chi connectivity index (χ3n) is 4.11. The number of nitrogens with zero attached hydrogens (tertiary/aromatic N) is 1. The van der Waals surface area contributed by atoms with Crippen LogP contribution in [-0.4, -0.2) is 34.5 Å². The Bertz CT molecular complexity index is 533. The molecule has 1 heterocycles. The van der Waals surface area contributed by atoms with Gasteiger partial charge in [-0.15, -0.1) is 11.3 Å². The second-order valence-corrected chi connectivity index (χ2v) is 6.60. The summed E-state index contributed by atoms with van der Waals surface area (Å²) in [6.07, 6.45) is 6.52. The topological polar surface area (TPSA) is 57.6 Å². The number of carboxylic acids is 1. The van der Waals surface area contributed by atoms with Crippen molar-refractivity contribution in [1.82, 2.24) is 4.90 Å². The molecular formula is C15H19NO3S. The molecule has 0 unspecified atom stereocenters. The van der Waals surface area contributed by atoms with Gasteiger partial charge in [0.25, 0.3) is 5.91 Å². The first-order valence-electron chi connectivity index (χ1n) is 7.29. The average Bonchev–Trinajstić information content (AvgIpc) is 3.17. The fourth-order valence-corrected chi connectivity index (χ4v) is 4.00. The zero-order chi connectivity index (χ0) is 14.1. The minimum absolute atomic E-state index is 0.0363. The lowest BCUT2D eigenvalue weighted by molar-refractivity contribution is -0.137. The predicted octanol–water partition coefficient (Wildman–Crippen LogP) is 2.71. The first-order chi connectivity index (χ1) is 9.66. The summed E-state index contributed by atoms with van der Waals surface area (Å²) in [7, 11) is 0. The molecule has 1 saturated carbocycles. The molecule has 1 amide bonds. The molecule has 1 N–H and O–H groups in total. The van der Waals surface area contributed by atoms with Crippen LogP contribution in [-0.2, 0) is 17.6 Å². The molecule has 5 heteroatoms. The number of fused-ring (bicyclic) bond motifs is 1. The van der Waals surface area contributed by atoms with Gasteiger partial charge in [-0.2, -0.15) is 0 Å². The van der Waals surface area contributed by atoms with Crippen LogP contribution in [0.3, 0.4) is 0 Å². The normalized spacial score (nSPS) is 17.6. The van der Waals surface area contributed by atoms with Gasteiger partial charge in [-0.3, -0.25) is 9.59 Å². The van der Waals surface area contributed by atoms with Crippen molar-refractivity contribution in [3.8, 4) is 0 Å². The molecule has 0 aromatic carbocycles. The average molecular weight is 293 g/mol. The number of rotatable bonds is 5. The van der Waals surface area contributed by atoms with E-state index in [0.29, 0.717) is 6.54 Å². The fraction of sp³-hybridized carbons (Fsp3) is 0.600. The van der Waals surface area contributed by atoms with E-state index in [1.807, 2.05) is 5.38 Å². The van der Waals surface area contributed by atoms with E-state index in [1.54, 1.807) is 16.2 Å². The maximum Gasteiger partial charge on any atom is 0.305 e. The van der Waals surface area contributed by atoms with E-state index in [9.17, 15) is 9.59 Å². The van der Waals surface area contributed by atoms with Crippen molar-refractivity contribution in [3.63, 3.8) is 0 Å². The molecule has 4 nitrogen and oxygen atoms in total. The zero-order valence-corrected chi connectivity index (χ0v) is 12.2. The van der Waals surface area contributed by atoms with Gasteiger partial charge in [-0.25, -0.2) is 0 Å². The summed E-state index contributed by atoms with van der Waals surface area (Å²) < 4.78 is 0. The summed E-state index contributed by atoms with van der Waals surface area (Å²) in [5.74, 6) is -0.788. The van der Waals surface area contributed by atoms with Crippen LogP contribution >= 0.6 is 11.3 Å². The number of hydrogen-bond donors (Lipinski definition) is 1. The number of carboxylic acid groups (broad SMARTS) is 1. The van der Waals surface area contributed by atoms with Crippen molar-refractivity contribution in [2.24, 2.45) is 0 Å². The number of amides is 1. The highest BCUT2D eigenvalue weighted by molar-refractivity contribution is 7.10. The lowest BCUT2D eigenvalue weighted by atomic mass is 9.95. The SMILES string of the molecule is O=C(O)CCN(C(=O)c1csc2c1CCCC2)C1CC1. The Kier molecular flexibility index (Phi) is 3.78. The lowest BCUT2D eigenvalue weighted by Gasteiger charge is -2.22.